The molecule has 16 heavy (non-hydrogen) atoms. The van der Waals surface area contributed by atoms with E-state index in [0.717, 1.165) is 9.64 Å². The van der Waals surface area contributed by atoms with E-state index in [-0.39, 0.29) is 11.4 Å². The third-order valence-corrected chi connectivity index (χ3v) is 2.50. The van der Waals surface area contributed by atoms with Crippen molar-refractivity contribution in [2.24, 2.45) is 0 Å². The zero-order chi connectivity index (χ0) is 11.7. The maximum absolute atomic E-state index is 13.5. The summed E-state index contributed by atoms with van der Waals surface area (Å²) in [6.07, 6.45) is 3.20. The Labute approximate surface area is 103 Å². The number of hydrogen-bond donors (Lipinski definition) is 0. The highest BCUT2D eigenvalue weighted by Crippen LogP contribution is 2.19. The fraction of sp³-hybridized carbons (Fsp3) is 0. The van der Waals surface area contributed by atoms with Gasteiger partial charge in [-0.05, 0) is 28.7 Å². The van der Waals surface area contributed by atoms with Crippen LogP contribution in [0.4, 0.5) is 10.1 Å². The number of nitro benzene ring substituents is 1. The van der Waals surface area contributed by atoms with Crippen LogP contribution in [0, 0.1) is 19.5 Å². The average molecular weight is 333 g/mol. The summed E-state index contributed by atoms with van der Waals surface area (Å²) in [5.41, 5.74) is -0.0865. The van der Waals surface area contributed by atoms with Crippen molar-refractivity contribution in [1.82, 2.24) is 9.78 Å². The first-order chi connectivity index (χ1) is 7.58. The standard InChI is InChI=1S/C9H5FIN3O2/c10-8-3-7(14(15)16)1-2-9(8)13-5-6(11)4-12-13/h1-5H. The molecule has 7 heteroatoms. The lowest BCUT2D eigenvalue weighted by atomic mass is 10.3. The van der Waals surface area contributed by atoms with Crippen molar-refractivity contribution in [2.45, 2.75) is 0 Å². The Bertz CT molecular complexity index is 555. The van der Waals surface area contributed by atoms with E-state index in [1.165, 1.54) is 16.8 Å². The van der Waals surface area contributed by atoms with Crippen molar-refractivity contribution in [3.05, 3.63) is 50.1 Å². The molecule has 0 N–H and O–H groups in total. The summed E-state index contributed by atoms with van der Waals surface area (Å²) < 4.78 is 15.7. The Morgan fingerprint density at radius 1 is 1.50 bits per heavy atom. The Morgan fingerprint density at radius 2 is 2.25 bits per heavy atom. The molecule has 82 valence electrons. The van der Waals surface area contributed by atoms with Gasteiger partial charge in [0.05, 0.1) is 20.8 Å². The Hall–Kier alpha value is -1.51. The second kappa shape index (κ2) is 4.16. The molecule has 5 nitrogen and oxygen atoms in total. The van der Waals surface area contributed by atoms with Gasteiger partial charge in [0.1, 0.15) is 5.69 Å². The predicted molar refractivity (Wildman–Crippen MR) is 62.9 cm³/mol. The molecule has 0 saturated heterocycles. The summed E-state index contributed by atoms with van der Waals surface area (Å²) in [6.45, 7) is 0. The first kappa shape index (κ1) is 11.0. The van der Waals surface area contributed by atoms with Crippen molar-refractivity contribution in [2.75, 3.05) is 0 Å². The molecule has 0 spiro atoms. The lowest BCUT2D eigenvalue weighted by Crippen LogP contribution is -1.99. The summed E-state index contributed by atoms with van der Waals surface area (Å²) in [6, 6.07) is 3.45. The third-order valence-electron chi connectivity index (χ3n) is 1.94. The first-order valence-corrected chi connectivity index (χ1v) is 5.30. The quantitative estimate of drug-likeness (QED) is 0.482. The zero-order valence-corrected chi connectivity index (χ0v) is 9.96. The molecule has 0 bridgehead atoms. The number of nitrogens with zero attached hydrogens (tertiary/aromatic N) is 3. The van der Waals surface area contributed by atoms with Crippen LogP contribution in [-0.4, -0.2) is 14.7 Å². The highest BCUT2D eigenvalue weighted by atomic mass is 127. The Balaban J connectivity index is 2.47. The van der Waals surface area contributed by atoms with Gasteiger partial charge < -0.3 is 0 Å². The first-order valence-electron chi connectivity index (χ1n) is 4.22. The fourth-order valence-electron chi connectivity index (χ4n) is 1.23. The van der Waals surface area contributed by atoms with E-state index in [2.05, 4.69) is 5.10 Å². The zero-order valence-electron chi connectivity index (χ0n) is 7.80. The molecule has 1 aromatic heterocycles. The van der Waals surface area contributed by atoms with Crippen LogP contribution in [0.25, 0.3) is 5.69 Å². The predicted octanol–water partition coefficient (Wildman–Crippen LogP) is 2.52. The SMILES string of the molecule is O=[N+]([O-])c1ccc(-n2cc(I)cn2)c(F)c1. The monoisotopic (exact) mass is 333 g/mol. The van der Waals surface area contributed by atoms with E-state index in [1.807, 2.05) is 22.6 Å². The van der Waals surface area contributed by atoms with Crippen molar-refractivity contribution in [1.29, 1.82) is 0 Å². The van der Waals surface area contributed by atoms with Crippen LogP contribution in [0.3, 0.4) is 0 Å². The van der Waals surface area contributed by atoms with Crippen molar-refractivity contribution in [3.8, 4) is 5.69 Å². The number of benzene rings is 1. The van der Waals surface area contributed by atoms with Gasteiger partial charge in [0.2, 0.25) is 0 Å². The lowest BCUT2D eigenvalue weighted by Gasteiger charge is -2.02. The van der Waals surface area contributed by atoms with Crippen molar-refractivity contribution >= 4 is 28.3 Å². The number of hydrogen-bond acceptors (Lipinski definition) is 3. The topological polar surface area (TPSA) is 61.0 Å². The molecule has 0 aliphatic rings. The van der Waals surface area contributed by atoms with Crippen LogP contribution in [0.1, 0.15) is 0 Å². The number of aromatic nitrogens is 2. The fourth-order valence-corrected chi connectivity index (χ4v) is 1.62. The molecule has 0 atom stereocenters. The van der Waals surface area contributed by atoms with Crippen LogP contribution < -0.4 is 0 Å². The second-order valence-corrected chi connectivity index (χ2v) is 4.24. The van der Waals surface area contributed by atoms with E-state index in [1.54, 1.807) is 12.4 Å². The molecule has 0 saturated carbocycles. The molecule has 2 rings (SSSR count). The van der Waals surface area contributed by atoms with Gasteiger partial charge in [0, 0.05) is 12.3 Å². The van der Waals surface area contributed by atoms with Crippen molar-refractivity contribution in [3.63, 3.8) is 0 Å². The summed E-state index contributed by atoms with van der Waals surface area (Å²) in [5, 5.41) is 14.3. The maximum atomic E-state index is 13.5. The highest BCUT2D eigenvalue weighted by molar-refractivity contribution is 14.1. The Morgan fingerprint density at radius 3 is 2.75 bits per heavy atom. The van der Waals surface area contributed by atoms with Crippen LogP contribution >= 0.6 is 22.6 Å². The van der Waals surface area contributed by atoms with Gasteiger partial charge in [-0.15, -0.1) is 0 Å². The molecule has 0 unspecified atom stereocenters. The van der Waals surface area contributed by atoms with E-state index in [9.17, 15) is 14.5 Å². The van der Waals surface area contributed by atoms with E-state index < -0.39 is 10.7 Å². The van der Waals surface area contributed by atoms with Gasteiger partial charge >= 0.3 is 0 Å². The minimum atomic E-state index is -0.673. The lowest BCUT2D eigenvalue weighted by molar-refractivity contribution is -0.385. The number of nitro groups is 1. The van der Waals surface area contributed by atoms with E-state index >= 15 is 0 Å². The molecule has 0 fully saturated rings. The summed E-state index contributed by atoms with van der Waals surface area (Å²) in [7, 11) is 0. The van der Waals surface area contributed by atoms with Gasteiger partial charge in [-0.3, -0.25) is 10.1 Å². The minimum absolute atomic E-state index is 0.188. The van der Waals surface area contributed by atoms with Gasteiger partial charge in [0.25, 0.3) is 5.69 Å². The number of non-ortho nitro benzene ring substituents is 1. The van der Waals surface area contributed by atoms with Crippen LogP contribution in [0.15, 0.2) is 30.6 Å². The molecular weight excluding hydrogens is 328 g/mol. The number of rotatable bonds is 2. The molecule has 0 aliphatic carbocycles. The van der Waals surface area contributed by atoms with Gasteiger partial charge in [-0.2, -0.15) is 5.10 Å². The molecular formula is C9H5FIN3O2. The average Bonchev–Trinajstić information content (AvgIpc) is 2.64. The normalized spacial score (nSPS) is 10.4. The van der Waals surface area contributed by atoms with E-state index in [4.69, 9.17) is 0 Å². The summed E-state index contributed by atoms with van der Waals surface area (Å²) >= 11 is 2.04. The van der Waals surface area contributed by atoms with Gasteiger partial charge in [0.15, 0.2) is 5.82 Å². The molecule has 0 aliphatic heterocycles. The smallest absolute Gasteiger partial charge is 0.258 e. The largest absolute Gasteiger partial charge is 0.272 e. The summed E-state index contributed by atoms with van der Waals surface area (Å²) in [5.74, 6) is -0.673. The minimum Gasteiger partial charge on any atom is -0.258 e. The second-order valence-electron chi connectivity index (χ2n) is 3.00. The third kappa shape index (κ3) is 2.03. The summed E-state index contributed by atoms with van der Waals surface area (Å²) in [4.78, 5) is 9.78. The van der Waals surface area contributed by atoms with Crippen LogP contribution in [0.5, 0.6) is 0 Å². The van der Waals surface area contributed by atoms with Crippen molar-refractivity contribution < 1.29 is 9.31 Å². The number of halogens is 2. The van der Waals surface area contributed by atoms with Crippen LogP contribution in [0.2, 0.25) is 0 Å². The maximum Gasteiger partial charge on any atom is 0.272 e. The van der Waals surface area contributed by atoms with Crippen LogP contribution in [-0.2, 0) is 0 Å². The molecule has 1 heterocycles. The molecule has 0 radical (unpaired) electrons. The van der Waals surface area contributed by atoms with E-state index in [0.29, 0.717) is 0 Å². The highest BCUT2D eigenvalue weighted by Gasteiger charge is 2.12. The molecule has 1 aromatic carbocycles. The molecule has 0 amide bonds. The van der Waals surface area contributed by atoms with Gasteiger partial charge in [-0.1, -0.05) is 0 Å². The Kier molecular flexibility index (Phi) is 2.86. The van der Waals surface area contributed by atoms with Gasteiger partial charge in [-0.25, -0.2) is 9.07 Å². The molecule has 2 aromatic rings.